The van der Waals surface area contributed by atoms with Gasteiger partial charge < -0.3 is 13.9 Å². The van der Waals surface area contributed by atoms with Crippen LogP contribution in [0.15, 0.2) is 57.6 Å². The Balaban J connectivity index is 1.66. The molecule has 0 aliphatic carbocycles. The van der Waals surface area contributed by atoms with Gasteiger partial charge in [0.25, 0.3) is 5.91 Å². The Bertz CT molecular complexity index is 1090. The summed E-state index contributed by atoms with van der Waals surface area (Å²) in [5.41, 5.74) is 3.96. The predicted octanol–water partition coefficient (Wildman–Crippen LogP) is 4.37. The standard InChI is InChI=1S/C21H19N3O3/c1-13-18(14(2)26-22-13)12-24(3)21(25)16-9-10-19-17(11-16)20(27-23-19)15-7-5-4-6-8-15/h4-11H,12H2,1-3H3. The van der Waals surface area contributed by atoms with Gasteiger partial charge in [0, 0.05) is 23.7 Å². The zero-order valence-corrected chi connectivity index (χ0v) is 15.4. The number of rotatable bonds is 4. The summed E-state index contributed by atoms with van der Waals surface area (Å²) in [6.07, 6.45) is 0. The number of hydrogen-bond donors (Lipinski definition) is 0. The summed E-state index contributed by atoms with van der Waals surface area (Å²) in [4.78, 5) is 14.6. The van der Waals surface area contributed by atoms with Crippen molar-refractivity contribution in [1.82, 2.24) is 15.2 Å². The SMILES string of the molecule is Cc1noc(C)c1CN(C)C(=O)c1ccc2noc(-c3ccccc3)c2c1. The van der Waals surface area contributed by atoms with E-state index >= 15 is 0 Å². The van der Waals surface area contributed by atoms with Crippen molar-refractivity contribution < 1.29 is 13.8 Å². The molecule has 6 nitrogen and oxygen atoms in total. The number of amides is 1. The normalized spacial score (nSPS) is 11.1. The molecular weight excluding hydrogens is 342 g/mol. The van der Waals surface area contributed by atoms with Gasteiger partial charge in [-0.05, 0) is 32.0 Å². The largest absolute Gasteiger partial charge is 0.361 e. The van der Waals surface area contributed by atoms with Crippen LogP contribution in [-0.2, 0) is 6.54 Å². The van der Waals surface area contributed by atoms with Crippen molar-refractivity contribution in [3.63, 3.8) is 0 Å². The third-order valence-corrected chi connectivity index (χ3v) is 4.68. The molecule has 2 aromatic carbocycles. The number of carbonyl (C=O) groups excluding carboxylic acids is 1. The molecule has 2 heterocycles. The first kappa shape index (κ1) is 17.0. The molecule has 0 fully saturated rings. The van der Waals surface area contributed by atoms with Crippen molar-refractivity contribution >= 4 is 16.8 Å². The molecule has 0 saturated heterocycles. The highest BCUT2D eigenvalue weighted by Crippen LogP contribution is 2.29. The summed E-state index contributed by atoms with van der Waals surface area (Å²) in [5, 5.41) is 8.87. The molecule has 0 aliphatic rings. The van der Waals surface area contributed by atoms with Gasteiger partial charge in [-0.2, -0.15) is 0 Å². The van der Waals surface area contributed by atoms with Gasteiger partial charge in [-0.3, -0.25) is 4.79 Å². The lowest BCUT2D eigenvalue weighted by Gasteiger charge is -2.17. The van der Waals surface area contributed by atoms with Crippen molar-refractivity contribution in [2.24, 2.45) is 0 Å². The Morgan fingerprint density at radius 3 is 2.52 bits per heavy atom. The first-order valence-electron chi connectivity index (χ1n) is 8.66. The molecule has 0 spiro atoms. The van der Waals surface area contributed by atoms with Crippen LogP contribution < -0.4 is 0 Å². The first-order chi connectivity index (χ1) is 13.0. The summed E-state index contributed by atoms with van der Waals surface area (Å²) < 4.78 is 10.7. The molecule has 4 aromatic rings. The van der Waals surface area contributed by atoms with Crippen LogP contribution in [0.1, 0.15) is 27.4 Å². The molecule has 0 unspecified atom stereocenters. The maximum atomic E-state index is 12.9. The number of aromatic nitrogens is 2. The molecule has 0 aliphatic heterocycles. The van der Waals surface area contributed by atoms with Gasteiger partial charge in [0.05, 0.1) is 17.6 Å². The molecule has 0 N–H and O–H groups in total. The Kier molecular flexibility index (Phi) is 4.24. The van der Waals surface area contributed by atoms with E-state index < -0.39 is 0 Å². The van der Waals surface area contributed by atoms with Crippen LogP contribution in [0.4, 0.5) is 0 Å². The average Bonchev–Trinajstić information content (AvgIpc) is 3.25. The highest BCUT2D eigenvalue weighted by atomic mass is 16.5. The number of aryl methyl sites for hydroxylation is 2. The fourth-order valence-electron chi connectivity index (χ4n) is 3.13. The number of nitrogens with zero attached hydrogens (tertiary/aromatic N) is 3. The van der Waals surface area contributed by atoms with Crippen LogP contribution in [0.25, 0.3) is 22.2 Å². The zero-order valence-electron chi connectivity index (χ0n) is 15.4. The highest BCUT2D eigenvalue weighted by molar-refractivity contribution is 6.00. The van der Waals surface area contributed by atoms with Gasteiger partial charge in [-0.1, -0.05) is 40.6 Å². The van der Waals surface area contributed by atoms with E-state index in [1.165, 1.54) is 0 Å². The minimum Gasteiger partial charge on any atom is -0.361 e. The second-order valence-electron chi connectivity index (χ2n) is 6.57. The van der Waals surface area contributed by atoms with Gasteiger partial charge in [-0.25, -0.2) is 0 Å². The average molecular weight is 361 g/mol. The second-order valence-corrected chi connectivity index (χ2v) is 6.57. The van der Waals surface area contributed by atoms with Crippen molar-refractivity contribution in [1.29, 1.82) is 0 Å². The van der Waals surface area contributed by atoms with Crippen molar-refractivity contribution in [2.45, 2.75) is 20.4 Å². The molecule has 2 aromatic heterocycles. The van der Waals surface area contributed by atoms with E-state index in [0.717, 1.165) is 33.5 Å². The van der Waals surface area contributed by atoms with Gasteiger partial charge in [0.1, 0.15) is 11.3 Å². The Hall–Kier alpha value is -3.41. The number of carbonyl (C=O) groups is 1. The summed E-state index contributed by atoms with van der Waals surface area (Å²) in [7, 11) is 1.77. The summed E-state index contributed by atoms with van der Waals surface area (Å²) in [6, 6.07) is 15.2. The van der Waals surface area contributed by atoms with E-state index in [4.69, 9.17) is 9.05 Å². The maximum Gasteiger partial charge on any atom is 0.253 e. The van der Waals surface area contributed by atoms with Crippen LogP contribution in [0.2, 0.25) is 0 Å². The number of fused-ring (bicyclic) bond motifs is 1. The number of benzene rings is 2. The summed E-state index contributed by atoms with van der Waals surface area (Å²) in [6.45, 7) is 4.16. The smallest absolute Gasteiger partial charge is 0.253 e. The zero-order chi connectivity index (χ0) is 19.0. The molecule has 0 radical (unpaired) electrons. The van der Waals surface area contributed by atoms with E-state index in [-0.39, 0.29) is 5.91 Å². The molecule has 0 atom stereocenters. The van der Waals surface area contributed by atoms with Crippen molar-refractivity contribution in [3.05, 3.63) is 71.1 Å². The fourth-order valence-corrected chi connectivity index (χ4v) is 3.13. The maximum absolute atomic E-state index is 12.9. The Morgan fingerprint density at radius 2 is 1.81 bits per heavy atom. The van der Waals surface area contributed by atoms with Crippen LogP contribution in [-0.4, -0.2) is 28.2 Å². The predicted molar refractivity (Wildman–Crippen MR) is 101 cm³/mol. The van der Waals surface area contributed by atoms with Crippen molar-refractivity contribution in [2.75, 3.05) is 7.05 Å². The monoisotopic (exact) mass is 361 g/mol. The van der Waals surface area contributed by atoms with Crippen LogP contribution in [0.5, 0.6) is 0 Å². The Morgan fingerprint density at radius 1 is 1.04 bits per heavy atom. The van der Waals surface area contributed by atoms with Gasteiger partial charge in [0.2, 0.25) is 0 Å². The third kappa shape index (κ3) is 3.10. The lowest BCUT2D eigenvalue weighted by molar-refractivity contribution is 0.0784. The van der Waals surface area contributed by atoms with Crippen molar-refractivity contribution in [3.8, 4) is 11.3 Å². The first-order valence-corrected chi connectivity index (χ1v) is 8.66. The molecule has 27 heavy (non-hydrogen) atoms. The van der Waals surface area contributed by atoms with Gasteiger partial charge in [0.15, 0.2) is 5.76 Å². The van der Waals surface area contributed by atoms with E-state index in [1.54, 1.807) is 18.0 Å². The second kappa shape index (κ2) is 6.72. The fraction of sp³-hybridized carbons (Fsp3) is 0.190. The summed E-state index contributed by atoms with van der Waals surface area (Å²) in [5.74, 6) is 1.30. The quantitative estimate of drug-likeness (QED) is 0.540. The van der Waals surface area contributed by atoms with Gasteiger partial charge in [-0.15, -0.1) is 0 Å². The highest BCUT2D eigenvalue weighted by Gasteiger charge is 2.19. The number of hydrogen-bond acceptors (Lipinski definition) is 5. The third-order valence-electron chi connectivity index (χ3n) is 4.68. The molecule has 136 valence electrons. The minimum absolute atomic E-state index is 0.0860. The lowest BCUT2D eigenvalue weighted by atomic mass is 10.1. The molecule has 0 bridgehead atoms. The molecular formula is C21H19N3O3. The molecule has 6 heteroatoms. The molecule has 1 amide bonds. The lowest BCUT2D eigenvalue weighted by Crippen LogP contribution is -2.26. The Labute approximate surface area is 156 Å². The summed E-state index contributed by atoms with van der Waals surface area (Å²) >= 11 is 0. The van der Waals surface area contributed by atoms with E-state index in [9.17, 15) is 4.79 Å². The van der Waals surface area contributed by atoms with Crippen LogP contribution >= 0.6 is 0 Å². The van der Waals surface area contributed by atoms with E-state index in [1.807, 2.05) is 56.3 Å². The minimum atomic E-state index is -0.0860. The van der Waals surface area contributed by atoms with Gasteiger partial charge >= 0.3 is 0 Å². The van der Waals surface area contributed by atoms with E-state index in [2.05, 4.69) is 10.3 Å². The molecule has 0 saturated carbocycles. The van der Waals surface area contributed by atoms with E-state index in [0.29, 0.717) is 17.9 Å². The topological polar surface area (TPSA) is 72.4 Å². The molecule has 4 rings (SSSR count). The van der Waals surface area contributed by atoms with Crippen LogP contribution in [0, 0.1) is 13.8 Å². The van der Waals surface area contributed by atoms with Crippen LogP contribution in [0.3, 0.4) is 0 Å².